The van der Waals surface area contributed by atoms with Gasteiger partial charge in [-0.3, -0.25) is 9.78 Å². The Morgan fingerprint density at radius 1 is 1.17 bits per heavy atom. The van der Waals surface area contributed by atoms with Gasteiger partial charge in [0.15, 0.2) is 0 Å². The summed E-state index contributed by atoms with van der Waals surface area (Å²) in [6.45, 7) is 1.99. The molecule has 2 aromatic heterocycles. The van der Waals surface area contributed by atoms with Crippen LogP contribution < -0.4 is 9.64 Å². The molecule has 186 valence electrons. The predicted octanol–water partition coefficient (Wildman–Crippen LogP) is 4.64. The van der Waals surface area contributed by atoms with E-state index in [1.54, 1.807) is 29.8 Å². The van der Waals surface area contributed by atoms with Gasteiger partial charge in [0, 0.05) is 36.7 Å². The number of ether oxygens (including phenoxy) is 1. The first-order chi connectivity index (χ1) is 17.5. The van der Waals surface area contributed by atoms with Crippen LogP contribution in [-0.2, 0) is 13.1 Å². The van der Waals surface area contributed by atoms with Crippen molar-refractivity contribution < 1.29 is 19.0 Å². The molecule has 0 unspecified atom stereocenters. The summed E-state index contributed by atoms with van der Waals surface area (Å²) in [6.07, 6.45) is 2.53. The van der Waals surface area contributed by atoms with Gasteiger partial charge in [-0.1, -0.05) is 12.1 Å². The van der Waals surface area contributed by atoms with E-state index in [0.717, 1.165) is 28.1 Å². The van der Waals surface area contributed by atoms with E-state index in [4.69, 9.17) is 9.72 Å². The molecule has 7 nitrogen and oxygen atoms in total. The second-order valence-electron chi connectivity index (χ2n) is 8.90. The number of fused-ring (bicyclic) bond motifs is 1. The van der Waals surface area contributed by atoms with Crippen LogP contribution in [0.15, 0.2) is 60.2 Å². The molecule has 0 bridgehead atoms. The molecule has 0 aliphatic carbocycles. The molecule has 2 aromatic carbocycles. The van der Waals surface area contributed by atoms with Crippen LogP contribution in [0.5, 0.6) is 5.75 Å². The molecule has 9 heteroatoms. The van der Waals surface area contributed by atoms with Crippen molar-refractivity contribution in [3.05, 3.63) is 82.1 Å². The van der Waals surface area contributed by atoms with Crippen LogP contribution in [0, 0.1) is 5.82 Å². The van der Waals surface area contributed by atoms with Crippen molar-refractivity contribution in [1.82, 2.24) is 14.9 Å². The number of thiazole rings is 1. The third kappa shape index (κ3) is 5.32. The largest absolute Gasteiger partial charge is 0.497 e. The molecule has 1 saturated heterocycles. The number of nitrogens with zero attached hydrogens (tertiary/aromatic N) is 4. The minimum atomic E-state index is -0.343. The van der Waals surface area contributed by atoms with E-state index in [1.807, 2.05) is 30.3 Å². The maximum Gasteiger partial charge on any atom is 0.266 e. The second kappa shape index (κ2) is 10.6. The summed E-state index contributed by atoms with van der Waals surface area (Å²) in [4.78, 5) is 26.9. The summed E-state index contributed by atoms with van der Waals surface area (Å²) in [5.41, 5.74) is 4.05. The number of carbonyl (C=O) groups excluding carboxylic acids is 1. The fourth-order valence-corrected chi connectivity index (χ4v) is 5.06. The molecule has 0 spiro atoms. The number of rotatable bonds is 7. The number of aliphatic hydroxyl groups excluding tert-OH is 1. The third-order valence-corrected chi connectivity index (χ3v) is 7.18. The molecule has 3 heterocycles. The Morgan fingerprint density at radius 2 is 1.94 bits per heavy atom. The van der Waals surface area contributed by atoms with Crippen LogP contribution in [0.3, 0.4) is 0 Å². The van der Waals surface area contributed by atoms with Crippen LogP contribution in [0.1, 0.15) is 33.6 Å². The number of hydrogen-bond acceptors (Lipinski definition) is 7. The zero-order chi connectivity index (χ0) is 25.1. The van der Waals surface area contributed by atoms with E-state index in [0.29, 0.717) is 49.4 Å². The molecule has 1 aliphatic rings. The van der Waals surface area contributed by atoms with Crippen molar-refractivity contribution in [2.24, 2.45) is 0 Å². The quantitative estimate of drug-likeness (QED) is 0.393. The van der Waals surface area contributed by atoms with Crippen molar-refractivity contribution >= 4 is 34.0 Å². The zero-order valence-electron chi connectivity index (χ0n) is 19.9. The lowest BCUT2D eigenvalue weighted by atomic mass is 10.1. The monoisotopic (exact) mass is 506 g/mol. The van der Waals surface area contributed by atoms with Gasteiger partial charge >= 0.3 is 0 Å². The standard InChI is InChI=1S/C27H27FN4O3S/c1-35-23-6-2-18(3-7-23)15-32(27(34)25-14-29-17-36-25)16-20-12-19-4-5-21(28)13-24(19)30-26(20)31-10-8-22(33)9-11-31/h2-7,12-14,17,22,33H,8-11,15-16H2,1H3. The molecular formula is C27H27FN4O3S. The first kappa shape index (κ1) is 24.1. The van der Waals surface area contributed by atoms with E-state index < -0.39 is 0 Å². The molecule has 36 heavy (non-hydrogen) atoms. The van der Waals surface area contributed by atoms with E-state index in [9.17, 15) is 14.3 Å². The Balaban J connectivity index is 1.53. The predicted molar refractivity (Wildman–Crippen MR) is 138 cm³/mol. The number of aromatic nitrogens is 2. The fourth-order valence-electron chi connectivity index (χ4n) is 4.48. The van der Waals surface area contributed by atoms with Gasteiger partial charge in [0.25, 0.3) is 5.91 Å². The summed E-state index contributed by atoms with van der Waals surface area (Å²) in [6, 6.07) is 14.2. The number of piperidine rings is 1. The zero-order valence-corrected chi connectivity index (χ0v) is 20.7. The van der Waals surface area contributed by atoms with E-state index in [2.05, 4.69) is 9.88 Å². The van der Waals surface area contributed by atoms with E-state index in [-0.39, 0.29) is 17.8 Å². The lowest BCUT2D eigenvalue weighted by Crippen LogP contribution is -2.38. The smallest absolute Gasteiger partial charge is 0.266 e. The van der Waals surface area contributed by atoms with Gasteiger partial charge in [-0.25, -0.2) is 9.37 Å². The highest BCUT2D eigenvalue weighted by Crippen LogP contribution is 2.29. The number of anilines is 1. The number of aliphatic hydroxyl groups is 1. The molecule has 1 amide bonds. The van der Waals surface area contributed by atoms with Gasteiger partial charge in [0.05, 0.1) is 37.0 Å². The fraction of sp³-hybridized carbons (Fsp3) is 0.296. The van der Waals surface area contributed by atoms with E-state index in [1.165, 1.54) is 23.5 Å². The molecule has 1 aliphatic heterocycles. The molecular weight excluding hydrogens is 479 g/mol. The van der Waals surface area contributed by atoms with Crippen LogP contribution in [0.4, 0.5) is 10.2 Å². The van der Waals surface area contributed by atoms with Crippen molar-refractivity contribution in [1.29, 1.82) is 0 Å². The highest BCUT2D eigenvalue weighted by atomic mass is 32.1. The van der Waals surface area contributed by atoms with Crippen molar-refractivity contribution in [3.63, 3.8) is 0 Å². The Labute approximate surface area is 212 Å². The molecule has 0 radical (unpaired) electrons. The highest BCUT2D eigenvalue weighted by molar-refractivity contribution is 7.11. The van der Waals surface area contributed by atoms with Gasteiger partial charge in [0.2, 0.25) is 0 Å². The van der Waals surface area contributed by atoms with Crippen molar-refractivity contribution in [2.45, 2.75) is 32.0 Å². The summed E-state index contributed by atoms with van der Waals surface area (Å²) in [5.74, 6) is 1.01. The Kier molecular flexibility index (Phi) is 7.11. The van der Waals surface area contributed by atoms with Gasteiger partial charge in [-0.15, -0.1) is 11.3 Å². The van der Waals surface area contributed by atoms with Crippen molar-refractivity contribution in [3.8, 4) is 5.75 Å². The average Bonchev–Trinajstić information content (AvgIpc) is 3.44. The number of methoxy groups -OCH3 is 1. The van der Waals surface area contributed by atoms with Gasteiger partial charge in [-0.2, -0.15) is 0 Å². The maximum absolute atomic E-state index is 14.0. The number of amides is 1. The molecule has 0 saturated carbocycles. The van der Waals surface area contributed by atoms with Crippen molar-refractivity contribution in [2.75, 3.05) is 25.1 Å². The van der Waals surface area contributed by atoms with Crippen LogP contribution >= 0.6 is 11.3 Å². The molecule has 1 N–H and O–H groups in total. The number of carbonyl (C=O) groups is 1. The molecule has 5 rings (SSSR count). The van der Waals surface area contributed by atoms with Gasteiger partial charge in [0.1, 0.15) is 22.3 Å². The number of hydrogen-bond donors (Lipinski definition) is 1. The first-order valence-corrected chi connectivity index (χ1v) is 12.7. The van der Waals surface area contributed by atoms with Crippen LogP contribution in [-0.4, -0.2) is 52.2 Å². The molecule has 4 aromatic rings. The summed E-state index contributed by atoms with van der Waals surface area (Å²) >= 11 is 1.31. The SMILES string of the molecule is COc1ccc(CN(Cc2cc3ccc(F)cc3nc2N2CCC(O)CC2)C(=O)c2cncs2)cc1. The van der Waals surface area contributed by atoms with E-state index >= 15 is 0 Å². The van der Waals surface area contributed by atoms with Crippen LogP contribution in [0.25, 0.3) is 10.9 Å². The Hall–Kier alpha value is -3.56. The normalized spacial score (nSPS) is 14.2. The lowest BCUT2D eigenvalue weighted by molar-refractivity contribution is 0.0735. The third-order valence-electron chi connectivity index (χ3n) is 6.42. The maximum atomic E-state index is 14.0. The summed E-state index contributed by atoms with van der Waals surface area (Å²) in [7, 11) is 1.62. The number of pyridine rings is 1. The van der Waals surface area contributed by atoms with Gasteiger partial charge < -0.3 is 19.6 Å². The summed E-state index contributed by atoms with van der Waals surface area (Å²) in [5, 5.41) is 10.8. The highest BCUT2D eigenvalue weighted by Gasteiger charge is 2.25. The Morgan fingerprint density at radius 3 is 2.64 bits per heavy atom. The molecule has 0 atom stereocenters. The average molecular weight is 507 g/mol. The van der Waals surface area contributed by atoms with Crippen LogP contribution in [0.2, 0.25) is 0 Å². The van der Waals surface area contributed by atoms with Gasteiger partial charge in [-0.05, 0) is 48.7 Å². The minimum Gasteiger partial charge on any atom is -0.497 e. The minimum absolute atomic E-state index is 0.118. The number of halogens is 1. The molecule has 1 fully saturated rings. The lowest BCUT2D eigenvalue weighted by Gasteiger charge is -2.33. The second-order valence-corrected chi connectivity index (χ2v) is 9.79. The number of benzene rings is 2. The Bertz CT molecular complexity index is 1340. The topological polar surface area (TPSA) is 78.8 Å². The summed E-state index contributed by atoms with van der Waals surface area (Å²) < 4.78 is 19.2. The first-order valence-electron chi connectivity index (χ1n) is 11.8.